The molecule has 3 aromatic rings. The van der Waals surface area contributed by atoms with Crippen LogP contribution in [0.2, 0.25) is 0 Å². The fraction of sp³-hybridized carbons (Fsp3) is 0.333. The summed E-state index contributed by atoms with van der Waals surface area (Å²) in [4.78, 5) is 55.0. The zero-order valence-electron chi connectivity index (χ0n) is 22.4. The van der Waals surface area contributed by atoms with E-state index in [1.165, 1.54) is 12.1 Å². The maximum Gasteiger partial charge on any atom is 0.253 e. The van der Waals surface area contributed by atoms with Crippen LogP contribution in [0, 0.1) is 31.5 Å². The van der Waals surface area contributed by atoms with E-state index in [0.29, 0.717) is 24.2 Å². The number of carbonyl (C=O) groups excluding carboxylic acids is 3. The van der Waals surface area contributed by atoms with Crippen molar-refractivity contribution in [3.05, 3.63) is 83.4 Å². The molecule has 2 heterocycles. The second kappa shape index (κ2) is 11.7. The van der Waals surface area contributed by atoms with Crippen LogP contribution in [-0.2, 0) is 20.8 Å². The van der Waals surface area contributed by atoms with Crippen molar-refractivity contribution in [1.82, 2.24) is 20.2 Å². The predicted octanol–water partition coefficient (Wildman–Crippen LogP) is 4.23. The third-order valence-electron chi connectivity index (χ3n) is 7.31. The fourth-order valence-electron chi connectivity index (χ4n) is 5.47. The highest BCUT2D eigenvalue weighted by atomic mass is 19.1. The zero-order chi connectivity index (χ0) is 28.2. The summed E-state index contributed by atoms with van der Waals surface area (Å²) in [6, 6.07) is 15.8. The number of aromatic nitrogens is 2. The Morgan fingerprint density at radius 3 is 2.20 bits per heavy atom. The van der Waals surface area contributed by atoms with Crippen molar-refractivity contribution in [2.24, 2.45) is 16.8 Å². The number of halogens is 1. The maximum absolute atomic E-state index is 14.6. The van der Waals surface area contributed by atoms with Crippen molar-refractivity contribution in [1.29, 1.82) is 0 Å². The highest BCUT2D eigenvalue weighted by molar-refractivity contribution is 6.12. The van der Waals surface area contributed by atoms with Crippen molar-refractivity contribution >= 4 is 35.3 Å². The molecular weight excluding hydrogens is 511 g/mol. The Labute approximate surface area is 231 Å². The van der Waals surface area contributed by atoms with E-state index in [1.807, 2.05) is 30.3 Å². The van der Waals surface area contributed by atoms with Gasteiger partial charge in [-0.25, -0.2) is 14.4 Å². The molecule has 40 heavy (non-hydrogen) atoms. The van der Waals surface area contributed by atoms with Gasteiger partial charge in [0.15, 0.2) is 0 Å². The summed E-state index contributed by atoms with van der Waals surface area (Å²) in [7, 11) is 0. The van der Waals surface area contributed by atoms with Gasteiger partial charge in [-0.3, -0.25) is 24.6 Å². The number of hydrogen-bond donors (Lipinski definition) is 2. The molecule has 2 aromatic carbocycles. The second-order valence-electron chi connectivity index (χ2n) is 10.3. The Bertz CT molecular complexity index is 1420. The van der Waals surface area contributed by atoms with Crippen molar-refractivity contribution in [2.45, 2.75) is 52.0 Å². The van der Waals surface area contributed by atoms with E-state index in [1.54, 1.807) is 32.0 Å². The minimum Gasteiger partial charge on any atom is -0.323 e. The molecule has 1 aromatic heterocycles. The van der Waals surface area contributed by atoms with E-state index in [4.69, 9.17) is 0 Å². The molecule has 3 amide bonds. The molecule has 0 spiro atoms. The number of benzene rings is 2. The molecule has 1 saturated carbocycles. The van der Waals surface area contributed by atoms with E-state index >= 15 is 0 Å². The molecule has 9 nitrogen and oxygen atoms in total. The van der Waals surface area contributed by atoms with E-state index in [2.05, 4.69) is 25.6 Å². The first kappa shape index (κ1) is 27.1. The quantitative estimate of drug-likeness (QED) is 0.274. The number of imide groups is 1. The molecule has 2 fully saturated rings. The van der Waals surface area contributed by atoms with Crippen molar-refractivity contribution in [3.8, 4) is 0 Å². The van der Waals surface area contributed by atoms with Gasteiger partial charge < -0.3 is 5.32 Å². The minimum absolute atomic E-state index is 0.0654. The number of amides is 3. The number of para-hydroxylation sites is 1. The summed E-state index contributed by atoms with van der Waals surface area (Å²) < 4.78 is 14.6. The number of likely N-dealkylation sites (tertiary alicyclic amines) is 1. The van der Waals surface area contributed by atoms with Gasteiger partial charge >= 0.3 is 0 Å². The van der Waals surface area contributed by atoms with Crippen LogP contribution in [-0.4, -0.2) is 44.6 Å². The van der Waals surface area contributed by atoms with E-state index < -0.39 is 29.6 Å². The average molecular weight is 543 g/mol. The van der Waals surface area contributed by atoms with Crippen molar-refractivity contribution in [2.75, 3.05) is 5.32 Å². The molecule has 0 radical (unpaired) electrons. The Morgan fingerprint density at radius 2 is 1.57 bits per heavy atom. The summed E-state index contributed by atoms with van der Waals surface area (Å²) in [5.74, 6) is -2.68. The lowest BCUT2D eigenvalue weighted by Gasteiger charge is -2.26. The molecule has 3 atom stereocenters. The van der Waals surface area contributed by atoms with Crippen LogP contribution in [0.5, 0.6) is 0 Å². The Morgan fingerprint density at radius 1 is 0.975 bits per heavy atom. The number of guanidine groups is 1. The Kier molecular flexibility index (Phi) is 7.95. The summed E-state index contributed by atoms with van der Waals surface area (Å²) >= 11 is 0. The number of fused-ring (bicyclic) bond motifs is 1. The van der Waals surface area contributed by atoms with Gasteiger partial charge in [0.2, 0.25) is 23.7 Å². The van der Waals surface area contributed by atoms with Crippen molar-refractivity contribution in [3.63, 3.8) is 0 Å². The number of carbonyl (C=O) groups is 3. The molecule has 10 heteroatoms. The SMILES string of the molecule is Cc1cc(C)nc(N=C(NC(=O)[C@H](Cc2ccccc2)N2C(=O)[C@H]3CCCC[C@@H]3C2=O)Nc2ccccc2F)n1. The number of anilines is 1. The molecule has 1 aliphatic heterocycles. The van der Waals surface area contributed by atoms with E-state index in [9.17, 15) is 18.8 Å². The minimum atomic E-state index is -1.12. The number of nitrogens with one attached hydrogen (secondary N) is 2. The van der Waals surface area contributed by atoms with Crippen LogP contribution in [0.1, 0.15) is 42.6 Å². The first-order valence-corrected chi connectivity index (χ1v) is 13.4. The molecule has 2 aliphatic rings. The van der Waals surface area contributed by atoms with Crippen LogP contribution in [0.25, 0.3) is 0 Å². The summed E-state index contributed by atoms with van der Waals surface area (Å²) in [6.07, 6.45) is 3.15. The fourth-order valence-corrected chi connectivity index (χ4v) is 5.47. The lowest BCUT2D eigenvalue weighted by atomic mass is 9.81. The largest absolute Gasteiger partial charge is 0.323 e. The van der Waals surface area contributed by atoms with Gasteiger partial charge in [0.1, 0.15) is 11.9 Å². The topological polar surface area (TPSA) is 117 Å². The lowest BCUT2D eigenvalue weighted by Crippen LogP contribution is -2.53. The van der Waals surface area contributed by atoms with Gasteiger partial charge in [0.05, 0.1) is 17.5 Å². The Balaban J connectivity index is 1.50. The third kappa shape index (κ3) is 5.90. The normalized spacial score (nSPS) is 19.8. The van der Waals surface area contributed by atoms with E-state index in [0.717, 1.165) is 23.3 Å². The number of hydrogen-bond acceptors (Lipinski definition) is 6. The number of aliphatic imine (C=N–C) groups is 1. The van der Waals surface area contributed by atoms with Crippen LogP contribution < -0.4 is 10.6 Å². The molecule has 2 N–H and O–H groups in total. The smallest absolute Gasteiger partial charge is 0.253 e. The molecule has 206 valence electrons. The monoisotopic (exact) mass is 542 g/mol. The van der Waals surface area contributed by atoms with Gasteiger partial charge in [-0.1, -0.05) is 55.3 Å². The van der Waals surface area contributed by atoms with Crippen LogP contribution in [0.3, 0.4) is 0 Å². The standard InChI is InChI=1S/C30H31FN6O3/c1-18-16-19(2)33-29(32-18)36-30(34-24-15-9-8-14-23(24)31)35-26(38)25(17-20-10-4-3-5-11-20)37-27(39)21-12-6-7-13-22(21)28(37)40/h3-5,8-11,14-16,21-22,25H,6-7,12-13,17H2,1-2H3,(H2,32,33,34,35,36,38)/t21-,22-,25-/m0/s1. The molecule has 1 saturated heterocycles. The zero-order valence-corrected chi connectivity index (χ0v) is 22.4. The average Bonchev–Trinajstić information content (AvgIpc) is 3.18. The van der Waals surface area contributed by atoms with Crippen LogP contribution >= 0.6 is 0 Å². The van der Waals surface area contributed by atoms with Gasteiger partial charge in [-0.15, -0.1) is 0 Å². The highest BCUT2D eigenvalue weighted by Crippen LogP contribution is 2.39. The molecular formula is C30H31FN6O3. The van der Waals surface area contributed by atoms with Gasteiger partial charge in [0.25, 0.3) is 5.95 Å². The number of nitrogens with zero attached hydrogens (tertiary/aromatic N) is 4. The van der Waals surface area contributed by atoms with Gasteiger partial charge in [-0.2, -0.15) is 4.99 Å². The number of rotatable bonds is 6. The summed E-state index contributed by atoms with van der Waals surface area (Å²) in [5.41, 5.74) is 2.20. The van der Waals surface area contributed by atoms with Crippen LogP contribution in [0.15, 0.2) is 65.7 Å². The molecule has 0 bridgehead atoms. The van der Waals surface area contributed by atoms with Crippen LogP contribution in [0.4, 0.5) is 16.0 Å². The second-order valence-corrected chi connectivity index (χ2v) is 10.3. The summed E-state index contributed by atoms with van der Waals surface area (Å²) in [5, 5.41) is 5.53. The van der Waals surface area contributed by atoms with Gasteiger partial charge in [-0.05, 0) is 50.5 Å². The maximum atomic E-state index is 14.6. The molecule has 0 unspecified atom stereocenters. The molecule has 1 aliphatic carbocycles. The van der Waals surface area contributed by atoms with E-state index in [-0.39, 0.29) is 35.8 Å². The third-order valence-corrected chi connectivity index (χ3v) is 7.31. The Hall–Kier alpha value is -4.47. The van der Waals surface area contributed by atoms with Gasteiger partial charge in [0, 0.05) is 17.8 Å². The highest BCUT2D eigenvalue weighted by Gasteiger charge is 2.51. The first-order chi connectivity index (χ1) is 19.3. The number of aryl methyl sites for hydroxylation is 2. The first-order valence-electron chi connectivity index (χ1n) is 13.4. The molecule has 5 rings (SSSR count). The lowest BCUT2D eigenvalue weighted by molar-refractivity contribution is -0.147. The predicted molar refractivity (Wildman–Crippen MR) is 148 cm³/mol. The summed E-state index contributed by atoms with van der Waals surface area (Å²) in [6.45, 7) is 3.58. The van der Waals surface area contributed by atoms with Crippen molar-refractivity contribution < 1.29 is 18.8 Å².